The number of aliphatic hydroxyl groups excluding tert-OH is 2. The number of carbonyl (C=O) groups is 1. The number of carbonyl (C=O) groups excluding carboxylic acids is 1. The van der Waals surface area contributed by atoms with Crippen molar-refractivity contribution in [2.24, 2.45) is 0 Å². The molecule has 0 saturated heterocycles. The Morgan fingerprint density at radius 3 is 2.80 bits per heavy atom. The van der Waals surface area contributed by atoms with Crippen molar-refractivity contribution in [1.82, 2.24) is 4.90 Å². The SMILES string of the molecule is CN(CCCCCO)C(=O)c1csc(C#CCCO)c1. The van der Waals surface area contributed by atoms with Gasteiger partial charge in [0.1, 0.15) is 0 Å². The second kappa shape index (κ2) is 9.54. The van der Waals surface area contributed by atoms with Crippen molar-refractivity contribution in [3.63, 3.8) is 0 Å². The summed E-state index contributed by atoms with van der Waals surface area (Å²) in [6.45, 7) is 0.957. The number of amides is 1. The molecule has 1 aromatic heterocycles. The van der Waals surface area contributed by atoms with E-state index >= 15 is 0 Å². The lowest BCUT2D eigenvalue weighted by molar-refractivity contribution is 0.0792. The van der Waals surface area contributed by atoms with Gasteiger partial charge in [-0.3, -0.25) is 4.79 Å². The second-order valence-electron chi connectivity index (χ2n) is 4.49. The Morgan fingerprint density at radius 2 is 2.10 bits per heavy atom. The molecule has 0 aliphatic heterocycles. The number of rotatable bonds is 7. The van der Waals surface area contributed by atoms with Crippen molar-refractivity contribution >= 4 is 17.2 Å². The highest BCUT2D eigenvalue weighted by Crippen LogP contribution is 2.15. The molecular weight excluding hydrogens is 274 g/mol. The molecule has 0 spiro atoms. The molecule has 1 rings (SSSR count). The first-order chi connectivity index (χ1) is 9.69. The van der Waals surface area contributed by atoms with Gasteiger partial charge < -0.3 is 15.1 Å². The van der Waals surface area contributed by atoms with E-state index in [0.29, 0.717) is 18.5 Å². The van der Waals surface area contributed by atoms with Crippen LogP contribution in [0.25, 0.3) is 0 Å². The van der Waals surface area contributed by atoms with Gasteiger partial charge in [0.2, 0.25) is 0 Å². The maximum absolute atomic E-state index is 12.1. The highest BCUT2D eigenvalue weighted by atomic mass is 32.1. The van der Waals surface area contributed by atoms with Crippen LogP contribution in [0.2, 0.25) is 0 Å². The Hall–Kier alpha value is -1.35. The lowest BCUT2D eigenvalue weighted by Crippen LogP contribution is -2.27. The smallest absolute Gasteiger partial charge is 0.254 e. The van der Waals surface area contributed by atoms with E-state index in [1.165, 1.54) is 11.3 Å². The van der Waals surface area contributed by atoms with E-state index in [9.17, 15) is 4.79 Å². The van der Waals surface area contributed by atoms with Gasteiger partial charge in [0.05, 0.1) is 17.0 Å². The standard InChI is InChI=1S/C15H21NO3S/c1-16(8-4-2-5-9-17)15(19)13-11-14(20-12-13)7-3-6-10-18/h11-12,17-18H,2,4-6,8-10H2,1H3. The third-order valence-electron chi connectivity index (χ3n) is 2.79. The van der Waals surface area contributed by atoms with E-state index in [2.05, 4.69) is 11.8 Å². The van der Waals surface area contributed by atoms with Crippen molar-refractivity contribution in [2.45, 2.75) is 25.7 Å². The minimum Gasteiger partial charge on any atom is -0.396 e. The lowest BCUT2D eigenvalue weighted by Gasteiger charge is -2.16. The molecule has 4 nitrogen and oxygen atoms in total. The van der Waals surface area contributed by atoms with Crippen LogP contribution < -0.4 is 0 Å². The maximum atomic E-state index is 12.1. The Morgan fingerprint density at radius 1 is 1.30 bits per heavy atom. The summed E-state index contributed by atoms with van der Waals surface area (Å²) in [6, 6.07) is 1.79. The summed E-state index contributed by atoms with van der Waals surface area (Å²) >= 11 is 1.44. The zero-order valence-corrected chi connectivity index (χ0v) is 12.6. The summed E-state index contributed by atoms with van der Waals surface area (Å²) in [7, 11) is 1.79. The fraction of sp³-hybridized carbons (Fsp3) is 0.533. The summed E-state index contributed by atoms with van der Waals surface area (Å²) in [5.41, 5.74) is 0.660. The maximum Gasteiger partial charge on any atom is 0.254 e. The van der Waals surface area contributed by atoms with Gasteiger partial charge in [0.25, 0.3) is 5.91 Å². The number of hydrogen-bond acceptors (Lipinski definition) is 4. The molecule has 1 aromatic rings. The first-order valence-electron chi connectivity index (χ1n) is 6.73. The summed E-state index contributed by atoms with van der Waals surface area (Å²) in [5.74, 6) is 5.77. The second-order valence-corrected chi connectivity index (χ2v) is 5.40. The number of thiophene rings is 1. The fourth-order valence-corrected chi connectivity index (χ4v) is 2.43. The Labute approximate surface area is 124 Å². The Bertz CT molecular complexity index is 473. The molecule has 0 aliphatic rings. The molecular formula is C15H21NO3S. The topological polar surface area (TPSA) is 60.8 Å². The van der Waals surface area contributed by atoms with Gasteiger partial charge in [-0.2, -0.15) is 0 Å². The molecule has 2 N–H and O–H groups in total. The van der Waals surface area contributed by atoms with Gasteiger partial charge in [0, 0.05) is 32.0 Å². The summed E-state index contributed by atoms with van der Waals surface area (Å²) < 4.78 is 0. The normalized spacial score (nSPS) is 9.95. The van der Waals surface area contributed by atoms with Crippen LogP contribution in [-0.2, 0) is 0 Å². The van der Waals surface area contributed by atoms with Crippen molar-refractivity contribution in [2.75, 3.05) is 26.8 Å². The average Bonchev–Trinajstić information content (AvgIpc) is 2.91. The number of unbranched alkanes of at least 4 members (excludes halogenated alkanes) is 2. The highest BCUT2D eigenvalue weighted by molar-refractivity contribution is 7.10. The molecule has 1 heterocycles. The minimum atomic E-state index is 0.000423. The van der Waals surface area contributed by atoms with Crippen molar-refractivity contribution < 1.29 is 15.0 Å². The zero-order chi connectivity index (χ0) is 14.8. The third-order valence-corrected chi connectivity index (χ3v) is 3.64. The van der Waals surface area contributed by atoms with Crippen molar-refractivity contribution in [1.29, 1.82) is 0 Å². The molecule has 0 radical (unpaired) electrons. The quantitative estimate of drug-likeness (QED) is 0.595. The molecule has 0 aliphatic carbocycles. The predicted octanol–water partition coefficient (Wildman–Crippen LogP) is 1.72. The van der Waals surface area contributed by atoms with Gasteiger partial charge >= 0.3 is 0 Å². The van der Waals surface area contributed by atoms with Crippen molar-refractivity contribution in [3.05, 3.63) is 21.9 Å². The van der Waals surface area contributed by atoms with Crippen LogP contribution in [0.3, 0.4) is 0 Å². The van der Waals surface area contributed by atoms with Gasteiger partial charge in [-0.05, 0) is 25.3 Å². The van der Waals surface area contributed by atoms with E-state index in [1.807, 2.05) is 5.38 Å². The van der Waals surface area contributed by atoms with Crippen LogP contribution in [0.5, 0.6) is 0 Å². The Balaban J connectivity index is 2.49. The molecule has 110 valence electrons. The first-order valence-corrected chi connectivity index (χ1v) is 7.61. The molecule has 1 amide bonds. The highest BCUT2D eigenvalue weighted by Gasteiger charge is 2.12. The van der Waals surface area contributed by atoms with E-state index in [4.69, 9.17) is 10.2 Å². The molecule has 5 heteroatoms. The lowest BCUT2D eigenvalue weighted by atomic mass is 10.2. The van der Waals surface area contributed by atoms with Crippen molar-refractivity contribution in [3.8, 4) is 11.8 Å². The van der Waals surface area contributed by atoms with Gasteiger partial charge in [-0.15, -0.1) is 11.3 Å². The van der Waals surface area contributed by atoms with Gasteiger partial charge in [0.15, 0.2) is 0 Å². The monoisotopic (exact) mass is 295 g/mol. The van der Waals surface area contributed by atoms with Crippen LogP contribution in [0.1, 0.15) is 40.9 Å². The van der Waals surface area contributed by atoms with Crippen LogP contribution >= 0.6 is 11.3 Å². The molecule has 0 atom stereocenters. The van der Waals surface area contributed by atoms with Crippen LogP contribution in [-0.4, -0.2) is 47.8 Å². The number of nitrogens with zero attached hydrogens (tertiary/aromatic N) is 1. The van der Waals surface area contributed by atoms with E-state index in [1.54, 1.807) is 18.0 Å². The predicted molar refractivity (Wildman–Crippen MR) is 80.8 cm³/mol. The summed E-state index contributed by atoms with van der Waals surface area (Å²) in [5, 5.41) is 19.2. The third kappa shape index (κ3) is 5.74. The molecule has 0 saturated carbocycles. The van der Waals surface area contributed by atoms with E-state index in [0.717, 1.165) is 24.1 Å². The van der Waals surface area contributed by atoms with E-state index < -0.39 is 0 Å². The van der Waals surface area contributed by atoms with Crippen LogP contribution in [0, 0.1) is 11.8 Å². The van der Waals surface area contributed by atoms with Crippen LogP contribution in [0.4, 0.5) is 0 Å². The summed E-state index contributed by atoms with van der Waals surface area (Å²) in [6.07, 6.45) is 3.06. The van der Waals surface area contributed by atoms with E-state index in [-0.39, 0.29) is 19.1 Å². The Kier molecular flexibility index (Phi) is 7.97. The fourth-order valence-electron chi connectivity index (χ4n) is 1.68. The first kappa shape index (κ1) is 16.7. The van der Waals surface area contributed by atoms with Gasteiger partial charge in [-0.25, -0.2) is 0 Å². The number of hydrogen-bond donors (Lipinski definition) is 2. The van der Waals surface area contributed by atoms with Crippen LogP contribution in [0.15, 0.2) is 11.4 Å². The number of aliphatic hydroxyl groups is 2. The molecule has 0 bridgehead atoms. The molecule has 0 unspecified atom stereocenters. The van der Waals surface area contributed by atoms with Gasteiger partial charge in [-0.1, -0.05) is 11.8 Å². The minimum absolute atomic E-state index is 0.000423. The zero-order valence-electron chi connectivity index (χ0n) is 11.8. The molecule has 20 heavy (non-hydrogen) atoms. The average molecular weight is 295 g/mol. The largest absolute Gasteiger partial charge is 0.396 e. The summed E-state index contributed by atoms with van der Waals surface area (Å²) in [4.78, 5) is 14.7. The molecule has 0 fully saturated rings. The molecule has 0 aromatic carbocycles.